The van der Waals surface area contributed by atoms with Gasteiger partial charge < -0.3 is 5.32 Å². The Kier molecular flexibility index (Phi) is 4.82. The molecular formula is C18H17Cl2NO. The predicted molar refractivity (Wildman–Crippen MR) is 90.7 cm³/mol. The first kappa shape index (κ1) is 15.5. The highest BCUT2D eigenvalue weighted by molar-refractivity contribution is 6.42. The molecule has 2 unspecified atom stereocenters. The SMILES string of the molecule is O=C(c1ccc(Cl)c(Cl)c1)C1CCC(c2ccccc2)NC1. The number of Topliss-reactive ketones (excluding diaryl/α,β-unsaturated/α-hetero) is 1. The van der Waals surface area contributed by atoms with Crippen LogP contribution in [0.25, 0.3) is 0 Å². The third-order valence-electron chi connectivity index (χ3n) is 4.19. The highest BCUT2D eigenvalue weighted by Crippen LogP contribution is 2.29. The van der Waals surface area contributed by atoms with Gasteiger partial charge in [0.05, 0.1) is 10.0 Å². The highest BCUT2D eigenvalue weighted by Gasteiger charge is 2.27. The summed E-state index contributed by atoms with van der Waals surface area (Å²) < 4.78 is 0. The minimum Gasteiger partial charge on any atom is -0.309 e. The number of piperidine rings is 1. The van der Waals surface area contributed by atoms with E-state index in [1.807, 2.05) is 18.2 Å². The van der Waals surface area contributed by atoms with Crippen LogP contribution in [0, 0.1) is 5.92 Å². The van der Waals surface area contributed by atoms with Crippen molar-refractivity contribution in [3.63, 3.8) is 0 Å². The molecule has 0 spiro atoms. The van der Waals surface area contributed by atoms with Crippen molar-refractivity contribution >= 4 is 29.0 Å². The summed E-state index contributed by atoms with van der Waals surface area (Å²) in [5, 5.41) is 4.39. The van der Waals surface area contributed by atoms with Crippen LogP contribution in [0.2, 0.25) is 10.0 Å². The maximum absolute atomic E-state index is 12.6. The summed E-state index contributed by atoms with van der Waals surface area (Å²) >= 11 is 11.9. The van der Waals surface area contributed by atoms with Gasteiger partial charge in [-0.15, -0.1) is 0 Å². The third kappa shape index (κ3) is 3.35. The van der Waals surface area contributed by atoms with Gasteiger partial charge in [-0.2, -0.15) is 0 Å². The molecule has 3 rings (SSSR count). The van der Waals surface area contributed by atoms with Crippen molar-refractivity contribution in [3.05, 3.63) is 69.7 Å². The van der Waals surface area contributed by atoms with E-state index in [2.05, 4.69) is 17.4 Å². The number of benzene rings is 2. The quantitative estimate of drug-likeness (QED) is 0.808. The molecule has 4 heteroatoms. The Morgan fingerprint density at radius 2 is 1.77 bits per heavy atom. The standard InChI is InChI=1S/C18H17Cl2NO/c19-15-8-6-13(10-16(15)20)18(22)14-7-9-17(21-11-14)12-4-2-1-3-5-12/h1-6,8,10,14,17,21H,7,9,11H2. The molecule has 22 heavy (non-hydrogen) atoms. The smallest absolute Gasteiger partial charge is 0.167 e. The van der Waals surface area contributed by atoms with Gasteiger partial charge in [-0.25, -0.2) is 0 Å². The first-order valence-corrected chi connectivity index (χ1v) is 8.18. The van der Waals surface area contributed by atoms with Crippen LogP contribution in [0.3, 0.4) is 0 Å². The van der Waals surface area contributed by atoms with Crippen molar-refractivity contribution in [2.24, 2.45) is 5.92 Å². The Hall–Kier alpha value is -1.35. The van der Waals surface area contributed by atoms with Gasteiger partial charge in [-0.05, 0) is 36.6 Å². The Labute approximate surface area is 140 Å². The molecule has 1 fully saturated rings. The number of nitrogens with one attached hydrogen (secondary N) is 1. The Morgan fingerprint density at radius 3 is 2.41 bits per heavy atom. The lowest BCUT2D eigenvalue weighted by Crippen LogP contribution is -2.36. The van der Waals surface area contributed by atoms with Crippen molar-refractivity contribution < 1.29 is 4.79 Å². The van der Waals surface area contributed by atoms with E-state index in [4.69, 9.17) is 23.2 Å². The number of hydrogen-bond acceptors (Lipinski definition) is 2. The summed E-state index contributed by atoms with van der Waals surface area (Å²) in [5.41, 5.74) is 1.92. The highest BCUT2D eigenvalue weighted by atomic mass is 35.5. The van der Waals surface area contributed by atoms with E-state index in [-0.39, 0.29) is 11.7 Å². The van der Waals surface area contributed by atoms with Gasteiger partial charge in [0.25, 0.3) is 0 Å². The molecule has 0 saturated carbocycles. The van der Waals surface area contributed by atoms with Gasteiger partial charge in [0.2, 0.25) is 0 Å². The molecule has 2 aromatic carbocycles. The van der Waals surface area contributed by atoms with Crippen molar-refractivity contribution in [2.75, 3.05) is 6.54 Å². The van der Waals surface area contributed by atoms with Gasteiger partial charge in [-0.3, -0.25) is 4.79 Å². The maximum atomic E-state index is 12.6. The summed E-state index contributed by atoms with van der Waals surface area (Å²) in [6.45, 7) is 0.693. The van der Waals surface area contributed by atoms with Crippen molar-refractivity contribution in [3.8, 4) is 0 Å². The Morgan fingerprint density at radius 1 is 1.00 bits per heavy atom. The number of carbonyl (C=O) groups excluding carboxylic acids is 1. The third-order valence-corrected chi connectivity index (χ3v) is 4.93. The van der Waals surface area contributed by atoms with E-state index in [1.165, 1.54) is 5.56 Å². The molecule has 1 N–H and O–H groups in total. The molecule has 1 heterocycles. The first-order chi connectivity index (χ1) is 10.6. The predicted octanol–water partition coefficient (Wildman–Crippen LogP) is 4.92. The summed E-state index contributed by atoms with van der Waals surface area (Å²) in [6.07, 6.45) is 1.84. The molecule has 2 aromatic rings. The zero-order chi connectivity index (χ0) is 15.5. The van der Waals surface area contributed by atoms with E-state index < -0.39 is 0 Å². The monoisotopic (exact) mass is 333 g/mol. The van der Waals surface area contributed by atoms with Crippen LogP contribution in [-0.4, -0.2) is 12.3 Å². The summed E-state index contributed by atoms with van der Waals surface area (Å²) in [6, 6.07) is 15.8. The maximum Gasteiger partial charge on any atom is 0.167 e. The molecule has 0 amide bonds. The van der Waals surface area contributed by atoms with Gasteiger partial charge in [0, 0.05) is 24.1 Å². The molecule has 1 aliphatic rings. The van der Waals surface area contributed by atoms with Crippen LogP contribution in [0.4, 0.5) is 0 Å². The fraction of sp³-hybridized carbons (Fsp3) is 0.278. The van der Waals surface area contributed by atoms with Crippen molar-refractivity contribution in [2.45, 2.75) is 18.9 Å². The molecule has 0 bridgehead atoms. The molecule has 2 nitrogen and oxygen atoms in total. The number of rotatable bonds is 3. The van der Waals surface area contributed by atoms with E-state index in [1.54, 1.807) is 18.2 Å². The summed E-state index contributed by atoms with van der Waals surface area (Å²) in [7, 11) is 0. The average molecular weight is 334 g/mol. The van der Waals surface area contributed by atoms with Crippen molar-refractivity contribution in [1.29, 1.82) is 0 Å². The normalized spacial score (nSPS) is 21.5. The van der Waals surface area contributed by atoms with Crippen molar-refractivity contribution in [1.82, 2.24) is 5.32 Å². The van der Waals surface area contributed by atoms with Gasteiger partial charge >= 0.3 is 0 Å². The van der Waals surface area contributed by atoms with Crippen LogP contribution in [0.1, 0.15) is 34.8 Å². The van der Waals surface area contributed by atoms with Gasteiger partial charge in [0.15, 0.2) is 5.78 Å². The second kappa shape index (κ2) is 6.82. The molecule has 1 aliphatic heterocycles. The lowest BCUT2D eigenvalue weighted by Gasteiger charge is -2.29. The fourth-order valence-electron chi connectivity index (χ4n) is 2.94. The van der Waals surface area contributed by atoms with Crippen LogP contribution in [-0.2, 0) is 0 Å². The number of ketones is 1. The molecule has 0 aromatic heterocycles. The van der Waals surface area contributed by atoms with Gasteiger partial charge in [0.1, 0.15) is 0 Å². The summed E-state index contributed by atoms with van der Waals surface area (Å²) in [5.74, 6) is 0.134. The fourth-order valence-corrected chi connectivity index (χ4v) is 3.23. The number of halogens is 2. The average Bonchev–Trinajstić information content (AvgIpc) is 2.58. The van der Waals surface area contributed by atoms with E-state index in [0.717, 1.165) is 12.8 Å². The van der Waals surface area contributed by atoms with Crippen LogP contribution >= 0.6 is 23.2 Å². The second-order valence-electron chi connectivity index (χ2n) is 5.64. The number of carbonyl (C=O) groups is 1. The van der Waals surface area contributed by atoms with Crippen LogP contribution < -0.4 is 5.32 Å². The second-order valence-corrected chi connectivity index (χ2v) is 6.45. The van der Waals surface area contributed by atoms with E-state index in [0.29, 0.717) is 28.2 Å². The zero-order valence-corrected chi connectivity index (χ0v) is 13.6. The Bertz CT molecular complexity index is 664. The molecular weight excluding hydrogens is 317 g/mol. The topological polar surface area (TPSA) is 29.1 Å². The van der Waals surface area contributed by atoms with E-state index in [9.17, 15) is 4.79 Å². The Balaban J connectivity index is 1.66. The minimum atomic E-state index is -0.00259. The first-order valence-electron chi connectivity index (χ1n) is 7.43. The zero-order valence-electron chi connectivity index (χ0n) is 12.1. The van der Waals surface area contributed by atoms with Crippen LogP contribution in [0.5, 0.6) is 0 Å². The molecule has 2 atom stereocenters. The molecule has 114 valence electrons. The lowest BCUT2D eigenvalue weighted by atomic mass is 9.86. The minimum absolute atomic E-state index is 0.00259. The number of hydrogen-bond donors (Lipinski definition) is 1. The van der Waals surface area contributed by atoms with Crippen LogP contribution in [0.15, 0.2) is 48.5 Å². The molecule has 1 saturated heterocycles. The largest absolute Gasteiger partial charge is 0.309 e. The summed E-state index contributed by atoms with van der Waals surface area (Å²) in [4.78, 5) is 12.6. The molecule has 0 radical (unpaired) electrons. The van der Waals surface area contributed by atoms with Gasteiger partial charge in [-0.1, -0.05) is 53.5 Å². The van der Waals surface area contributed by atoms with E-state index >= 15 is 0 Å². The molecule has 0 aliphatic carbocycles. The lowest BCUT2D eigenvalue weighted by molar-refractivity contribution is 0.0888.